The average molecular weight is 466 g/mol. The molecule has 2 aromatic carbocycles. The largest absolute Gasteiger partial charge is 0.494 e. The molecule has 2 fully saturated rings. The summed E-state index contributed by atoms with van der Waals surface area (Å²) in [5, 5.41) is 13.7. The highest BCUT2D eigenvalue weighted by Gasteiger charge is 2.38. The maximum absolute atomic E-state index is 13.0. The van der Waals surface area contributed by atoms with Gasteiger partial charge in [-0.15, -0.1) is 0 Å². The Kier molecular flexibility index (Phi) is 6.76. The van der Waals surface area contributed by atoms with Crippen molar-refractivity contribution in [3.05, 3.63) is 58.6 Å². The fraction of sp³-hybridized carbons (Fsp3) is 0.375. The molecule has 1 unspecified atom stereocenters. The normalized spacial score (nSPS) is 18.6. The molecule has 1 atom stereocenters. The summed E-state index contributed by atoms with van der Waals surface area (Å²) in [5.41, 5.74) is 1.03. The third kappa shape index (κ3) is 4.85. The number of nitro groups is 1. The maximum atomic E-state index is 13.0. The quantitative estimate of drug-likeness (QED) is 0.516. The summed E-state index contributed by atoms with van der Waals surface area (Å²) >= 11 is 0. The molecule has 34 heavy (non-hydrogen) atoms. The van der Waals surface area contributed by atoms with Crippen molar-refractivity contribution >= 4 is 34.8 Å². The van der Waals surface area contributed by atoms with Gasteiger partial charge in [0, 0.05) is 43.7 Å². The highest BCUT2D eigenvalue weighted by molar-refractivity contribution is 6.00. The van der Waals surface area contributed by atoms with Crippen LogP contribution in [0.25, 0.3) is 0 Å². The molecule has 2 heterocycles. The number of nitrogens with zero attached hydrogens (tertiary/aromatic N) is 3. The first-order valence-corrected chi connectivity index (χ1v) is 11.1. The Morgan fingerprint density at radius 3 is 2.44 bits per heavy atom. The Hall–Kier alpha value is -3.95. The molecule has 0 bridgehead atoms. The van der Waals surface area contributed by atoms with E-state index >= 15 is 0 Å². The maximum Gasteiger partial charge on any atom is 0.273 e. The third-order valence-electron chi connectivity index (χ3n) is 6.37. The lowest BCUT2D eigenvalue weighted by molar-refractivity contribution is -0.384. The predicted molar refractivity (Wildman–Crippen MR) is 124 cm³/mol. The number of carbonyl (C=O) groups is 3. The molecule has 2 aliphatic rings. The average Bonchev–Trinajstić information content (AvgIpc) is 3.25. The summed E-state index contributed by atoms with van der Waals surface area (Å²) in [6.07, 6.45) is 1.18. The number of non-ortho nitro benzene ring substituents is 1. The Morgan fingerprint density at radius 1 is 1.09 bits per heavy atom. The van der Waals surface area contributed by atoms with E-state index in [1.54, 1.807) is 9.80 Å². The number of nitro benzene ring substituents is 1. The van der Waals surface area contributed by atoms with Crippen LogP contribution in [0.15, 0.2) is 48.5 Å². The minimum Gasteiger partial charge on any atom is -0.494 e. The van der Waals surface area contributed by atoms with Gasteiger partial charge in [0.25, 0.3) is 5.69 Å². The second-order valence-corrected chi connectivity index (χ2v) is 8.47. The van der Waals surface area contributed by atoms with Crippen LogP contribution >= 0.6 is 0 Å². The number of para-hydroxylation sites is 1. The number of anilines is 2. The molecule has 0 aliphatic carbocycles. The fourth-order valence-corrected chi connectivity index (χ4v) is 4.48. The molecule has 3 amide bonds. The Morgan fingerprint density at radius 2 is 1.79 bits per heavy atom. The second kappa shape index (κ2) is 9.90. The van der Waals surface area contributed by atoms with E-state index in [-0.39, 0.29) is 47.4 Å². The number of hydrogen-bond donors (Lipinski definition) is 1. The number of piperidine rings is 1. The van der Waals surface area contributed by atoms with Crippen LogP contribution in [0.3, 0.4) is 0 Å². The van der Waals surface area contributed by atoms with Crippen molar-refractivity contribution in [3.8, 4) is 5.75 Å². The summed E-state index contributed by atoms with van der Waals surface area (Å²) in [6, 6.07) is 13.3. The summed E-state index contributed by atoms with van der Waals surface area (Å²) in [4.78, 5) is 52.1. The van der Waals surface area contributed by atoms with Crippen LogP contribution in [-0.2, 0) is 14.4 Å². The van der Waals surface area contributed by atoms with Crippen molar-refractivity contribution in [3.63, 3.8) is 0 Å². The first-order valence-electron chi connectivity index (χ1n) is 11.1. The van der Waals surface area contributed by atoms with Gasteiger partial charge in [-0.05, 0) is 31.0 Å². The number of ether oxygens (including phenoxy) is 1. The zero-order valence-corrected chi connectivity index (χ0v) is 18.8. The van der Waals surface area contributed by atoms with Crippen LogP contribution in [-0.4, -0.2) is 54.3 Å². The Labute approximate surface area is 196 Å². The van der Waals surface area contributed by atoms with E-state index in [1.165, 1.54) is 25.3 Å². The molecule has 10 heteroatoms. The Balaban J connectivity index is 1.32. The molecule has 4 rings (SSSR count). The molecule has 2 saturated heterocycles. The van der Waals surface area contributed by atoms with Gasteiger partial charge in [0.15, 0.2) is 0 Å². The zero-order valence-electron chi connectivity index (χ0n) is 18.8. The first-order chi connectivity index (χ1) is 16.4. The number of likely N-dealkylation sites (tertiary alicyclic amines) is 1. The van der Waals surface area contributed by atoms with Crippen molar-refractivity contribution in [2.45, 2.75) is 19.3 Å². The number of carbonyl (C=O) groups excluding carboxylic acids is 3. The van der Waals surface area contributed by atoms with Crippen molar-refractivity contribution in [2.75, 3.05) is 37.0 Å². The molecular formula is C24H26N4O6. The number of methoxy groups -OCH3 is 1. The summed E-state index contributed by atoms with van der Waals surface area (Å²) in [7, 11) is 1.38. The molecule has 0 spiro atoms. The molecule has 1 N–H and O–H groups in total. The molecule has 2 aliphatic heterocycles. The van der Waals surface area contributed by atoms with Crippen molar-refractivity contribution in [2.24, 2.45) is 11.8 Å². The van der Waals surface area contributed by atoms with E-state index in [1.807, 2.05) is 30.3 Å². The topological polar surface area (TPSA) is 122 Å². The first kappa shape index (κ1) is 23.2. The molecule has 0 aromatic heterocycles. The number of hydrogen-bond acceptors (Lipinski definition) is 6. The van der Waals surface area contributed by atoms with Crippen LogP contribution in [0.2, 0.25) is 0 Å². The minimum absolute atomic E-state index is 0.0531. The number of benzene rings is 2. The van der Waals surface area contributed by atoms with E-state index < -0.39 is 4.92 Å². The van der Waals surface area contributed by atoms with Crippen molar-refractivity contribution in [1.82, 2.24) is 4.90 Å². The van der Waals surface area contributed by atoms with Gasteiger partial charge in [-0.3, -0.25) is 24.5 Å². The third-order valence-corrected chi connectivity index (χ3v) is 6.37. The number of rotatable bonds is 6. The van der Waals surface area contributed by atoms with Gasteiger partial charge in [0.1, 0.15) is 5.75 Å². The molecule has 0 saturated carbocycles. The van der Waals surface area contributed by atoms with Gasteiger partial charge < -0.3 is 19.9 Å². The number of amides is 3. The molecule has 0 radical (unpaired) electrons. The highest BCUT2D eigenvalue weighted by atomic mass is 16.6. The van der Waals surface area contributed by atoms with Gasteiger partial charge in [-0.2, -0.15) is 0 Å². The fourth-order valence-electron chi connectivity index (χ4n) is 4.48. The van der Waals surface area contributed by atoms with Crippen LogP contribution in [0.5, 0.6) is 5.75 Å². The second-order valence-electron chi connectivity index (χ2n) is 8.47. The van der Waals surface area contributed by atoms with E-state index in [9.17, 15) is 24.5 Å². The molecular weight excluding hydrogens is 440 g/mol. The van der Waals surface area contributed by atoms with Crippen molar-refractivity contribution < 1.29 is 24.0 Å². The molecule has 178 valence electrons. The van der Waals surface area contributed by atoms with Gasteiger partial charge in [0.2, 0.25) is 17.7 Å². The minimum atomic E-state index is -0.530. The lowest BCUT2D eigenvalue weighted by Crippen LogP contribution is -2.44. The number of nitrogens with one attached hydrogen (secondary N) is 1. The SMILES string of the molecule is COc1cc([N+](=O)[O-])ccc1NC(=O)C1CCN(C(=O)C2CC(=O)N(c3ccccc3)C2)CC1. The highest BCUT2D eigenvalue weighted by Crippen LogP contribution is 2.31. The van der Waals surface area contributed by atoms with E-state index in [2.05, 4.69) is 5.32 Å². The van der Waals surface area contributed by atoms with Crippen LogP contribution in [0, 0.1) is 22.0 Å². The monoisotopic (exact) mass is 466 g/mol. The zero-order chi connectivity index (χ0) is 24.2. The van der Waals surface area contributed by atoms with Gasteiger partial charge in [0.05, 0.1) is 29.7 Å². The summed E-state index contributed by atoms with van der Waals surface area (Å²) in [6.45, 7) is 1.23. The van der Waals surface area contributed by atoms with Gasteiger partial charge in [-0.1, -0.05) is 18.2 Å². The Bertz CT molecular complexity index is 1100. The molecule has 10 nitrogen and oxygen atoms in total. The molecule has 2 aromatic rings. The van der Waals surface area contributed by atoms with E-state index in [4.69, 9.17) is 4.74 Å². The van der Waals surface area contributed by atoms with Crippen LogP contribution in [0.1, 0.15) is 19.3 Å². The smallest absolute Gasteiger partial charge is 0.273 e. The van der Waals surface area contributed by atoms with Crippen LogP contribution < -0.4 is 15.0 Å². The lowest BCUT2D eigenvalue weighted by Gasteiger charge is -2.33. The van der Waals surface area contributed by atoms with Crippen molar-refractivity contribution in [1.29, 1.82) is 0 Å². The van der Waals surface area contributed by atoms with Gasteiger partial charge in [-0.25, -0.2) is 0 Å². The lowest BCUT2D eigenvalue weighted by atomic mass is 9.94. The van der Waals surface area contributed by atoms with E-state index in [0.717, 1.165) is 5.69 Å². The summed E-state index contributed by atoms with van der Waals surface area (Å²) in [5.74, 6) is -0.800. The predicted octanol–water partition coefficient (Wildman–Crippen LogP) is 2.83. The van der Waals surface area contributed by atoms with Gasteiger partial charge >= 0.3 is 0 Å². The van der Waals surface area contributed by atoms with E-state index in [0.29, 0.717) is 38.2 Å². The summed E-state index contributed by atoms with van der Waals surface area (Å²) < 4.78 is 5.18. The standard InChI is InChI=1S/C24H26N4O6/c1-34-21-14-19(28(32)33)7-8-20(21)25-23(30)16-9-11-26(12-10-16)24(31)17-13-22(29)27(15-17)18-5-3-2-4-6-18/h2-8,14,16-17H,9-13,15H2,1H3,(H,25,30). The van der Waals surface area contributed by atoms with Crippen LogP contribution in [0.4, 0.5) is 17.1 Å².